The largest absolute Gasteiger partial charge is 0.324 e. The van der Waals surface area contributed by atoms with Gasteiger partial charge in [-0.2, -0.15) is 0 Å². The highest BCUT2D eigenvalue weighted by Gasteiger charge is 2.48. The minimum Gasteiger partial charge on any atom is -0.324 e. The van der Waals surface area contributed by atoms with Crippen LogP contribution in [0.25, 0.3) is 0 Å². The van der Waals surface area contributed by atoms with Gasteiger partial charge in [0.15, 0.2) is 0 Å². The minimum absolute atomic E-state index is 0.0125. The van der Waals surface area contributed by atoms with Gasteiger partial charge in [0.1, 0.15) is 5.82 Å². The second-order valence-electron chi connectivity index (χ2n) is 7.61. The summed E-state index contributed by atoms with van der Waals surface area (Å²) in [5.41, 5.74) is 2.18. The van der Waals surface area contributed by atoms with Crippen LogP contribution in [0.3, 0.4) is 0 Å². The number of hydrogen-bond donors (Lipinski definition) is 1. The molecule has 0 aromatic heterocycles. The van der Waals surface area contributed by atoms with E-state index in [1.54, 1.807) is 21.9 Å². The molecule has 2 fully saturated rings. The highest BCUT2D eigenvalue weighted by Crippen LogP contribution is 2.42. The van der Waals surface area contributed by atoms with E-state index < -0.39 is 0 Å². The fourth-order valence-corrected chi connectivity index (χ4v) is 4.08. The van der Waals surface area contributed by atoms with Crippen molar-refractivity contribution in [1.82, 2.24) is 4.90 Å². The summed E-state index contributed by atoms with van der Waals surface area (Å²) in [5.74, 6) is -0.367. The molecule has 2 saturated heterocycles. The number of urea groups is 1. The third kappa shape index (κ3) is 3.52. The first kappa shape index (κ1) is 17.5. The molecule has 2 aliphatic heterocycles. The van der Waals surface area contributed by atoms with Crippen LogP contribution in [0.2, 0.25) is 0 Å². The third-order valence-electron chi connectivity index (χ3n) is 5.44. The van der Waals surface area contributed by atoms with E-state index >= 15 is 0 Å². The zero-order valence-electron chi connectivity index (χ0n) is 15.2. The third-order valence-corrected chi connectivity index (χ3v) is 5.44. The zero-order valence-corrected chi connectivity index (χ0v) is 15.2. The summed E-state index contributed by atoms with van der Waals surface area (Å²) in [6, 6.07) is 13.6. The lowest BCUT2D eigenvalue weighted by atomic mass is 9.86. The van der Waals surface area contributed by atoms with Crippen LogP contribution in [0.15, 0.2) is 48.5 Å². The number of rotatable bonds is 2. The molecule has 2 heterocycles. The lowest BCUT2D eigenvalue weighted by Crippen LogP contribution is -2.36. The molecule has 27 heavy (non-hydrogen) atoms. The number of aryl methyl sites for hydroxylation is 1. The molecule has 1 spiro atoms. The van der Waals surface area contributed by atoms with Crippen molar-refractivity contribution in [2.75, 3.05) is 29.9 Å². The van der Waals surface area contributed by atoms with Crippen LogP contribution in [0, 0.1) is 18.2 Å². The number of halogens is 1. The Hall–Kier alpha value is -2.89. The van der Waals surface area contributed by atoms with E-state index in [2.05, 4.69) is 5.32 Å². The molecule has 1 unspecified atom stereocenters. The summed E-state index contributed by atoms with van der Waals surface area (Å²) in [4.78, 5) is 28.6. The molecule has 3 amide bonds. The van der Waals surface area contributed by atoms with Crippen LogP contribution < -0.4 is 10.2 Å². The maximum atomic E-state index is 13.5. The second-order valence-corrected chi connectivity index (χ2v) is 7.61. The summed E-state index contributed by atoms with van der Waals surface area (Å²) in [6.07, 6.45) is 1.16. The molecule has 140 valence electrons. The molecule has 1 atom stereocenters. The summed E-state index contributed by atoms with van der Waals surface area (Å²) < 4.78 is 13.5. The SMILES string of the molecule is Cc1cccc(NC(=O)N2CCC3(CC(=O)N(c4cccc(F)c4)C3)C2)c1. The maximum absolute atomic E-state index is 13.5. The Balaban J connectivity index is 1.44. The Morgan fingerprint density at radius 1 is 1.15 bits per heavy atom. The number of benzene rings is 2. The molecule has 0 bridgehead atoms. The molecule has 0 saturated carbocycles. The van der Waals surface area contributed by atoms with Gasteiger partial charge in [-0.25, -0.2) is 9.18 Å². The van der Waals surface area contributed by atoms with Gasteiger partial charge in [-0.15, -0.1) is 0 Å². The van der Waals surface area contributed by atoms with Gasteiger partial charge in [0.2, 0.25) is 5.91 Å². The number of nitrogens with zero attached hydrogens (tertiary/aromatic N) is 2. The lowest BCUT2D eigenvalue weighted by molar-refractivity contribution is -0.117. The predicted octanol–water partition coefficient (Wildman–Crippen LogP) is 3.80. The van der Waals surface area contributed by atoms with Gasteiger partial charge in [-0.1, -0.05) is 18.2 Å². The standard InChI is InChI=1S/C21H22FN3O2/c1-15-4-2-6-17(10-15)23-20(27)24-9-8-21(13-24)12-19(26)25(14-21)18-7-3-5-16(22)11-18/h2-7,10-11H,8-9,12-14H2,1H3,(H,23,27). The smallest absolute Gasteiger partial charge is 0.321 e. The molecule has 1 N–H and O–H groups in total. The van der Waals surface area contributed by atoms with Crippen molar-refractivity contribution in [3.05, 3.63) is 59.9 Å². The van der Waals surface area contributed by atoms with Gasteiger partial charge in [0.25, 0.3) is 0 Å². The second kappa shape index (κ2) is 6.68. The molecular weight excluding hydrogens is 345 g/mol. The Bertz CT molecular complexity index is 901. The number of hydrogen-bond acceptors (Lipinski definition) is 2. The van der Waals surface area contributed by atoms with Crippen molar-refractivity contribution < 1.29 is 14.0 Å². The number of nitrogens with one attached hydrogen (secondary N) is 1. The van der Waals surface area contributed by atoms with E-state index in [1.807, 2.05) is 31.2 Å². The number of anilines is 2. The summed E-state index contributed by atoms with van der Waals surface area (Å²) in [5, 5.41) is 2.93. The number of carbonyl (C=O) groups is 2. The number of likely N-dealkylation sites (tertiary alicyclic amines) is 1. The van der Waals surface area contributed by atoms with Gasteiger partial charge in [-0.3, -0.25) is 4.79 Å². The first-order valence-electron chi connectivity index (χ1n) is 9.13. The first-order chi connectivity index (χ1) is 12.9. The van der Waals surface area contributed by atoms with Crippen molar-refractivity contribution in [2.24, 2.45) is 5.41 Å². The van der Waals surface area contributed by atoms with Crippen molar-refractivity contribution in [3.8, 4) is 0 Å². The molecular formula is C21H22FN3O2. The van der Waals surface area contributed by atoms with Crippen LogP contribution in [0.1, 0.15) is 18.4 Å². The van der Waals surface area contributed by atoms with Gasteiger partial charge in [0, 0.05) is 42.8 Å². The number of carbonyl (C=O) groups excluding carboxylic acids is 2. The Morgan fingerprint density at radius 3 is 2.74 bits per heavy atom. The summed E-state index contributed by atoms with van der Waals surface area (Å²) in [7, 11) is 0. The van der Waals surface area contributed by atoms with E-state index in [0.29, 0.717) is 31.7 Å². The molecule has 0 aliphatic carbocycles. The highest BCUT2D eigenvalue weighted by molar-refractivity contribution is 5.97. The molecule has 2 aromatic carbocycles. The van der Waals surface area contributed by atoms with E-state index in [1.165, 1.54) is 12.1 Å². The first-order valence-corrected chi connectivity index (χ1v) is 9.13. The molecule has 5 nitrogen and oxygen atoms in total. The van der Waals surface area contributed by atoms with Crippen molar-refractivity contribution in [2.45, 2.75) is 19.8 Å². The van der Waals surface area contributed by atoms with E-state index in [0.717, 1.165) is 17.7 Å². The molecule has 0 radical (unpaired) electrons. The molecule has 6 heteroatoms. The van der Waals surface area contributed by atoms with Crippen molar-refractivity contribution in [1.29, 1.82) is 0 Å². The van der Waals surface area contributed by atoms with Crippen molar-refractivity contribution >= 4 is 23.3 Å². The van der Waals surface area contributed by atoms with Gasteiger partial charge >= 0.3 is 6.03 Å². The van der Waals surface area contributed by atoms with Crippen LogP contribution in [0.5, 0.6) is 0 Å². The van der Waals surface area contributed by atoms with E-state index in [9.17, 15) is 14.0 Å². The molecule has 4 rings (SSSR count). The average molecular weight is 367 g/mol. The van der Waals surface area contributed by atoms with E-state index in [-0.39, 0.29) is 23.2 Å². The van der Waals surface area contributed by atoms with Gasteiger partial charge in [-0.05, 0) is 49.2 Å². The predicted molar refractivity (Wildman–Crippen MR) is 102 cm³/mol. The average Bonchev–Trinajstić information content (AvgIpc) is 3.18. The quantitative estimate of drug-likeness (QED) is 0.878. The normalized spacial score (nSPS) is 21.9. The highest BCUT2D eigenvalue weighted by atomic mass is 19.1. The van der Waals surface area contributed by atoms with Crippen LogP contribution in [-0.4, -0.2) is 36.5 Å². The van der Waals surface area contributed by atoms with Crippen LogP contribution in [-0.2, 0) is 4.79 Å². The Morgan fingerprint density at radius 2 is 1.96 bits per heavy atom. The van der Waals surface area contributed by atoms with Crippen LogP contribution in [0.4, 0.5) is 20.6 Å². The number of amides is 3. The summed E-state index contributed by atoms with van der Waals surface area (Å²) in [6.45, 7) is 3.64. The minimum atomic E-state index is -0.355. The van der Waals surface area contributed by atoms with E-state index in [4.69, 9.17) is 0 Å². The van der Waals surface area contributed by atoms with Crippen molar-refractivity contribution in [3.63, 3.8) is 0 Å². The van der Waals surface area contributed by atoms with Gasteiger partial charge in [0.05, 0.1) is 0 Å². The fourth-order valence-electron chi connectivity index (χ4n) is 4.08. The Labute approximate surface area is 157 Å². The monoisotopic (exact) mass is 367 g/mol. The van der Waals surface area contributed by atoms with Crippen LogP contribution >= 0.6 is 0 Å². The summed E-state index contributed by atoms with van der Waals surface area (Å²) >= 11 is 0. The Kier molecular flexibility index (Phi) is 4.34. The topological polar surface area (TPSA) is 52.7 Å². The van der Waals surface area contributed by atoms with Gasteiger partial charge < -0.3 is 15.1 Å². The lowest BCUT2D eigenvalue weighted by Gasteiger charge is -2.24. The molecule has 2 aliphatic rings. The fraction of sp³-hybridized carbons (Fsp3) is 0.333. The molecule has 2 aromatic rings. The maximum Gasteiger partial charge on any atom is 0.321 e. The zero-order chi connectivity index (χ0) is 19.0.